The van der Waals surface area contributed by atoms with Crippen LogP contribution in [-0.4, -0.2) is 12.6 Å². The normalized spacial score (nSPS) is 21.9. The molecule has 1 aliphatic heterocycles. The van der Waals surface area contributed by atoms with Crippen molar-refractivity contribution in [1.29, 1.82) is 0 Å². The van der Waals surface area contributed by atoms with Crippen LogP contribution < -0.4 is 0 Å². The molecule has 1 heterocycles. The molecule has 84 valence electrons. The lowest BCUT2D eigenvalue weighted by Gasteiger charge is -2.05. The first-order valence-corrected chi connectivity index (χ1v) is 5.29. The van der Waals surface area contributed by atoms with Crippen LogP contribution in [0.2, 0.25) is 0 Å². The van der Waals surface area contributed by atoms with Gasteiger partial charge in [0.1, 0.15) is 0 Å². The molecule has 2 aliphatic rings. The molecule has 3 nitrogen and oxygen atoms in total. The summed E-state index contributed by atoms with van der Waals surface area (Å²) in [6, 6.07) is 0. The third-order valence-electron chi connectivity index (χ3n) is 2.28. The first kappa shape index (κ1) is 10.7. The Hall–Kier alpha value is -1.77. The first-order chi connectivity index (χ1) is 7.66. The molecule has 0 spiro atoms. The van der Waals surface area contributed by atoms with E-state index in [4.69, 9.17) is 9.47 Å². The number of carbonyl (C=O) groups excluding carboxylic acids is 1. The van der Waals surface area contributed by atoms with Gasteiger partial charge in [-0.2, -0.15) is 0 Å². The molecular formula is C13H14O3. The second-order valence-corrected chi connectivity index (χ2v) is 4.04. The van der Waals surface area contributed by atoms with Crippen LogP contribution in [0.1, 0.15) is 13.8 Å². The molecule has 3 heteroatoms. The monoisotopic (exact) mass is 218 g/mol. The standard InChI is InChI=1S/C13H14O3/c1-9(2)4-3-5-10-6-12-13(7-11(10)14)16-8-15-12/h3-7,9H,8H2,1-2H3/b4-3+,10-5-. The first-order valence-electron chi connectivity index (χ1n) is 5.29. The Balaban J connectivity index is 2.19. The van der Waals surface area contributed by atoms with E-state index in [0.29, 0.717) is 23.0 Å². The minimum absolute atomic E-state index is 0.0438. The summed E-state index contributed by atoms with van der Waals surface area (Å²) in [7, 11) is 0. The Bertz CT molecular complexity index is 422. The fraction of sp³-hybridized carbons (Fsp3) is 0.308. The van der Waals surface area contributed by atoms with Crippen LogP contribution in [-0.2, 0) is 14.3 Å². The number of hydrogen-bond donors (Lipinski definition) is 0. The number of rotatable bonds is 2. The van der Waals surface area contributed by atoms with E-state index < -0.39 is 0 Å². The van der Waals surface area contributed by atoms with E-state index in [1.807, 2.05) is 12.2 Å². The van der Waals surface area contributed by atoms with Crippen LogP contribution in [0, 0.1) is 5.92 Å². The maximum absolute atomic E-state index is 11.7. The SMILES string of the molecule is CC(C)/C=C/C=C1/C=C2OCOC2=CC1=O. The fourth-order valence-corrected chi connectivity index (χ4v) is 1.45. The molecule has 0 N–H and O–H groups in total. The molecule has 1 fully saturated rings. The molecule has 0 aromatic heterocycles. The number of ketones is 1. The molecule has 2 rings (SSSR count). The van der Waals surface area contributed by atoms with Crippen molar-refractivity contribution in [1.82, 2.24) is 0 Å². The van der Waals surface area contributed by atoms with Gasteiger partial charge in [0.05, 0.1) is 0 Å². The quantitative estimate of drug-likeness (QED) is 0.668. The van der Waals surface area contributed by atoms with Gasteiger partial charge in [-0.15, -0.1) is 0 Å². The lowest BCUT2D eigenvalue weighted by Crippen LogP contribution is -2.04. The lowest BCUT2D eigenvalue weighted by atomic mass is 10.0. The van der Waals surface area contributed by atoms with Gasteiger partial charge < -0.3 is 9.47 Å². The van der Waals surface area contributed by atoms with Crippen LogP contribution >= 0.6 is 0 Å². The molecule has 0 aromatic carbocycles. The van der Waals surface area contributed by atoms with Gasteiger partial charge in [0.2, 0.25) is 6.79 Å². The van der Waals surface area contributed by atoms with Crippen LogP contribution in [0.25, 0.3) is 0 Å². The van der Waals surface area contributed by atoms with Crippen LogP contribution in [0.3, 0.4) is 0 Å². The number of ether oxygens (including phenoxy) is 2. The van der Waals surface area contributed by atoms with E-state index in [2.05, 4.69) is 13.8 Å². The zero-order chi connectivity index (χ0) is 11.5. The highest BCUT2D eigenvalue weighted by Crippen LogP contribution is 2.27. The number of fused-ring (bicyclic) bond motifs is 1. The number of carbonyl (C=O) groups is 1. The Morgan fingerprint density at radius 2 is 1.94 bits per heavy atom. The summed E-state index contributed by atoms with van der Waals surface area (Å²) in [4.78, 5) is 11.7. The van der Waals surface area contributed by atoms with Gasteiger partial charge in [-0.25, -0.2) is 0 Å². The Kier molecular flexibility index (Phi) is 2.95. The fourth-order valence-electron chi connectivity index (χ4n) is 1.45. The molecule has 0 unspecified atom stereocenters. The molecular weight excluding hydrogens is 204 g/mol. The van der Waals surface area contributed by atoms with Crippen molar-refractivity contribution in [2.24, 2.45) is 5.92 Å². The maximum Gasteiger partial charge on any atom is 0.231 e. The van der Waals surface area contributed by atoms with Gasteiger partial charge in [0, 0.05) is 11.6 Å². The van der Waals surface area contributed by atoms with E-state index in [0.717, 1.165) is 0 Å². The zero-order valence-electron chi connectivity index (χ0n) is 9.40. The molecule has 1 aliphatic carbocycles. The summed E-state index contributed by atoms with van der Waals surface area (Å²) in [6.07, 6.45) is 8.91. The second-order valence-electron chi connectivity index (χ2n) is 4.04. The molecule has 0 radical (unpaired) electrons. The second kappa shape index (κ2) is 4.39. The van der Waals surface area contributed by atoms with E-state index in [9.17, 15) is 4.79 Å². The average molecular weight is 218 g/mol. The van der Waals surface area contributed by atoms with Crippen molar-refractivity contribution in [2.45, 2.75) is 13.8 Å². The summed E-state index contributed by atoms with van der Waals surface area (Å²) in [5, 5.41) is 0. The van der Waals surface area contributed by atoms with Gasteiger partial charge in [-0.05, 0) is 12.0 Å². The van der Waals surface area contributed by atoms with Crippen molar-refractivity contribution in [3.63, 3.8) is 0 Å². The van der Waals surface area contributed by atoms with Crippen LogP contribution in [0.5, 0.6) is 0 Å². The number of hydrogen-bond acceptors (Lipinski definition) is 3. The van der Waals surface area contributed by atoms with Crippen molar-refractivity contribution in [2.75, 3.05) is 6.79 Å². The van der Waals surface area contributed by atoms with E-state index in [1.165, 1.54) is 6.08 Å². The van der Waals surface area contributed by atoms with E-state index in [1.54, 1.807) is 12.2 Å². The molecule has 0 atom stereocenters. The summed E-state index contributed by atoms with van der Waals surface area (Å²) in [5.41, 5.74) is 0.626. The van der Waals surface area contributed by atoms with Crippen molar-refractivity contribution in [3.8, 4) is 0 Å². The highest BCUT2D eigenvalue weighted by atomic mass is 16.7. The van der Waals surface area contributed by atoms with Crippen molar-refractivity contribution >= 4 is 5.78 Å². The predicted molar refractivity (Wildman–Crippen MR) is 60.3 cm³/mol. The van der Waals surface area contributed by atoms with E-state index >= 15 is 0 Å². The molecule has 0 bridgehead atoms. The lowest BCUT2D eigenvalue weighted by molar-refractivity contribution is -0.111. The number of allylic oxidation sites excluding steroid dienone is 6. The topological polar surface area (TPSA) is 35.5 Å². The van der Waals surface area contributed by atoms with Crippen molar-refractivity contribution < 1.29 is 14.3 Å². The van der Waals surface area contributed by atoms with Crippen molar-refractivity contribution in [3.05, 3.63) is 47.5 Å². The summed E-state index contributed by atoms with van der Waals surface area (Å²) in [6.45, 7) is 4.37. The summed E-state index contributed by atoms with van der Waals surface area (Å²) < 4.78 is 10.3. The highest BCUT2D eigenvalue weighted by molar-refractivity contribution is 6.08. The summed E-state index contributed by atoms with van der Waals surface area (Å²) in [5.74, 6) is 1.61. The highest BCUT2D eigenvalue weighted by Gasteiger charge is 2.23. The van der Waals surface area contributed by atoms with Gasteiger partial charge in [0.15, 0.2) is 17.3 Å². The molecule has 1 saturated heterocycles. The minimum Gasteiger partial charge on any atom is -0.454 e. The minimum atomic E-state index is -0.0438. The molecule has 16 heavy (non-hydrogen) atoms. The van der Waals surface area contributed by atoms with E-state index in [-0.39, 0.29) is 12.6 Å². The predicted octanol–water partition coefficient (Wildman–Crippen LogP) is 2.48. The molecule has 0 amide bonds. The molecule has 0 aromatic rings. The Labute approximate surface area is 94.7 Å². The third-order valence-corrected chi connectivity index (χ3v) is 2.28. The largest absolute Gasteiger partial charge is 0.454 e. The van der Waals surface area contributed by atoms with Crippen LogP contribution in [0.4, 0.5) is 0 Å². The third kappa shape index (κ3) is 2.24. The van der Waals surface area contributed by atoms with Gasteiger partial charge in [0.25, 0.3) is 0 Å². The maximum atomic E-state index is 11.7. The van der Waals surface area contributed by atoms with Gasteiger partial charge >= 0.3 is 0 Å². The van der Waals surface area contributed by atoms with Crippen LogP contribution in [0.15, 0.2) is 47.5 Å². The smallest absolute Gasteiger partial charge is 0.231 e. The zero-order valence-corrected chi connectivity index (χ0v) is 9.40. The average Bonchev–Trinajstić information content (AvgIpc) is 2.64. The Morgan fingerprint density at radius 1 is 1.25 bits per heavy atom. The Morgan fingerprint density at radius 3 is 2.62 bits per heavy atom. The summed E-state index contributed by atoms with van der Waals surface area (Å²) >= 11 is 0. The van der Waals surface area contributed by atoms with Gasteiger partial charge in [-0.1, -0.05) is 32.1 Å². The van der Waals surface area contributed by atoms with Gasteiger partial charge in [-0.3, -0.25) is 4.79 Å². The molecule has 0 saturated carbocycles.